The van der Waals surface area contributed by atoms with Gasteiger partial charge in [0.15, 0.2) is 8.32 Å². The van der Waals surface area contributed by atoms with Crippen molar-refractivity contribution in [2.45, 2.75) is 89.5 Å². The van der Waals surface area contributed by atoms with Crippen molar-refractivity contribution in [2.75, 3.05) is 6.61 Å². The molecule has 0 bridgehead atoms. The number of carboxylic acids is 1. The second-order valence-corrected chi connectivity index (χ2v) is 13.3. The van der Waals surface area contributed by atoms with Crippen molar-refractivity contribution in [3.05, 3.63) is 0 Å². The van der Waals surface area contributed by atoms with Gasteiger partial charge in [0.1, 0.15) is 0 Å². The summed E-state index contributed by atoms with van der Waals surface area (Å²) in [6, 6.07) is 0. The van der Waals surface area contributed by atoms with Crippen LogP contribution in [0.5, 0.6) is 0 Å². The molecule has 1 rings (SSSR count). The summed E-state index contributed by atoms with van der Waals surface area (Å²) in [6.45, 7) is 14.3. The highest BCUT2D eigenvalue weighted by molar-refractivity contribution is 6.77. The zero-order chi connectivity index (χ0) is 17.1. The van der Waals surface area contributed by atoms with Crippen LogP contribution in [0.3, 0.4) is 0 Å². The quantitative estimate of drug-likeness (QED) is 0.590. The third kappa shape index (κ3) is 4.33. The Morgan fingerprint density at radius 3 is 2.09 bits per heavy atom. The molecule has 2 N–H and O–H groups in total. The van der Waals surface area contributed by atoms with E-state index in [0.717, 1.165) is 12.8 Å². The molecule has 0 spiro atoms. The summed E-state index contributed by atoms with van der Waals surface area (Å²) in [7, 11) is -1.83. The van der Waals surface area contributed by atoms with Crippen molar-refractivity contribution in [2.24, 2.45) is 5.92 Å². The lowest BCUT2D eigenvalue weighted by atomic mass is 10.1. The van der Waals surface area contributed by atoms with Crippen LogP contribution < -0.4 is 0 Å². The Morgan fingerprint density at radius 2 is 1.68 bits per heavy atom. The second-order valence-electron chi connectivity index (χ2n) is 7.85. The lowest BCUT2D eigenvalue weighted by Gasteiger charge is -2.42. The molecular weight excluding hydrogens is 296 g/mol. The van der Waals surface area contributed by atoms with Gasteiger partial charge in [-0.15, -0.1) is 0 Å². The van der Waals surface area contributed by atoms with Gasteiger partial charge in [-0.25, -0.2) is 0 Å². The van der Waals surface area contributed by atoms with E-state index in [1.54, 1.807) is 0 Å². The van der Waals surface area contributed by atoms with E-state index in [1.807, 2.05) is 0 Å². The topological polar surface area (TPSA) is 66.8 Å². The lowest BCUT2D eigenvalue weighted by molar-refractivity contribution is -0.137. The van der Waals surface area contributed by atoms with Gasteiger partial charge in [-0.2, -0.15) is 0 Å². The normalized spacial score (nSPS) is 25.3. The summed E-state index contributed by atoms with van der Waals surface area (Å²) >= 11 is 0. The van der Waals surface area contributed by atoms with Crippen LogP contribution >= 0.6 is 0 Å². The molecule has 130 valence electrons. The van der Waals surface area contributed by atoms with Crippen LogP contribution in [0.1, 0.15) is 67.2 Å². The summed E-state index contributed by atoms with van der Waals surface area (Å²) in [6.07, 6.45) is 1.99. The fourth-order valence-corrected chi connectivity index (χ4v) is 9.72. The number of aliphatic hydroxyl groups is 1. The van der Waals surface area contributed by atoms with Gasteiger partial charge in [-0.3, -0.25) is 4.79 Å². The molecule has 1 fully saturated rings. The van der Waals surface area contributed by atoms with Crippen LogP contribution in [0, 0.1) is 5.92 Å². The van der Waals surface area contributed by atoms with E-state index in [4.69, 9.17) is 9.53 Å². The van der Waals surface area contributed by atoms with Gasteiger partial charge in [-0.1, -0.05) is 41.5 Å². The Morgan fingerprint density at radius 1 is 1.18 bits per heavy atom. The van der Waals surface area contributed by atoms with E-state index in [9.17, 15) is 9.90 Å². The number of rotatable bonds is 10. The number of carbonyl (C=O) groups is 1. The van der Waals surface area contributed by atoms with Crippen LogP contribution in [-0.2, 0) is 9.22 Å². The Labute approximate surface area is 136 Å². The third-order valence-electron chi connectivity index (χ3n) is 5.50. The SMILES string of the molecule is CC(C)[Si](OCC[C@@H]1C[C@]1(O)CCC(=O)O)(C(C)C)C(C)C. The molecule has 5 heteroatoms. The van der Waals surface area contributed by atoms with Crippen molar-refractivity contribution in [3.8, 4) is 0 Å². The largest absolute Gasteiger partial charge is 0.481 e. The first kappa shape index (κ1) is 19.7. The van der Waals surface area contributed by atoms with Gasteiger partial charge in [-0.05, 0) is 41.8 Å². The number of hydrogen-bond acceptors (Lipinski definition) is 3. The van der Waals surface area contributed by atoms with Crippen LogP contribution in [0.2, 0.25) is 16.6 Å². The Bertz CT molecular complexity index is 359. The smallest absolute Gasteiger partial charge is 0.303 e. The van der Waals surface area contributed by atoms with E-state index in [0.29, 0.717) is 29.7 Å². The molecule has 0 aromatic heterocycles. The molecule has 1 aliphatic rings. The average Bonchev–Trinajstić information content (AvgIpc) is 3.02. The van der Waals surface area contributed by atoms with Gasteiger partial charge >= 0.3 is 5.97 Å². The minimum absolute atomic E-state index is 0.0521. The van der Waals surface area contributed by atoms with Gasteiger partial charge in [0.05, 0.1) is 5.60 Å². The first-order chi connectivity index (χ1) is 10.1. The van der Waals surface area contributed by atoms with Crippen molar-refractivity contribution in [1.29, 1.82) is 0 Å². The molecule has 1 aliphatic carbocycles. The highest BCUT2D eigenvalue weighted by Crippen LogP contribution is 2.50. The Kier molecular flexibility index (Phi) is 6.66. The maximum Gasteiger partial charge on any atom is 0.303 e. The fraction of sp³-hybridized carbons (Fsp3) is 0.941. The van der Waals surface area contributed by atoms with Crippen LogP contribution in [0.25, 0.3) is 0 Å². The standard InChI is InChI=1S/C17H34O4Si/c1-12(2)22(13(3)4,14(5)6)21-10-8-15-11-17(15,20)9-7-16(18)19/h12-15,20H,7-11H2,1-6H3,(H,18,19)/t15-,17-/m1/s1. The van der Waals surface area contributed by atoms with Crippen molar-refractivity contribution in [3.63, 3.8) is 0 Å². The first-order valence-corrected chi connectivity index (χ1v) is 10.8. The average molecular weight is 331 g/mol. The van der Waals surface area contributed by atoms with E-state index in [2.05, 4.69) is 41.5 Å². The number of carboxylic acid groups (broad SMARTS) is 1. The zero-order valence-electron chi connectivity index (χ0n) is 15.1. The molecule has 0 aromatic carbocycles. The molecule has 22 heavy (non-hydrogen) atoms. The molecule has 0 unspecified atom stereocenters. The molecule has 0 heterocycles. The van der Waals surface area contributed by atoms with Gasteiger partial charge in [0, 0.05) is 13.0 Å². The molecule has 0 radical (unpaired) electrons. The summed E-state index contributed by atoms with van der Waals surface area (Å²) < 4.78 is 6.50. The molecule has 4 nitrogen and oxygen atoms in total. The second kappa shape index (κ2) is 7.45. The predicted molar refractivity (Wildman–Crippen MR) is 91.5 cm³/mol. The number of aliphatic carboxylic acids is 1. The molecular formula is C17H34O4Si. The van der Waals surface area contributed by atoms with Gasteiger partial charge < -0.3 is 14.6 Å². The molecule has 0 aromatic rings. The molecule has 0 aliphatic heterocycles. The first-order valence-electron chi connectivity index (χ1n) is 8.64. The van der Waals surface area contributed by atoms with E-state index < -0.39 is 19.9 Å². The maximum absolute atomic E-state index is 10.6. The monoisotopic (exact) mass is 330 g/mol. The minimum atomic E-state index is -1.83. The van der Waals surface area contributed by atoms with Crippen molar-refractivity contribution < 1.29 is 19.4 Å². The molecule has 0 amide bonds. The molecule has 1 saturated carbocycles. The third-order valence-corrected chi connectivity index (χ3v) is 11.6. The summed E-state index contributed by atoms with van der Waals surface area (Å²) in [5.74, 6) is -0.619. The van der Waals surface area contributed by atoms with Crippen molar-refractivity contribution in [1.82, 2.24) is 0 Å². The summed E-state index contributed by atoms with van der Waals surface area (Å²) in [5.41, 5.74) is 0.951. The predicted octanol–water partition coefficient (Wildman–Crippen LogP) is 4.18. The number of hydrogen-bond donors (Lipinski definition) is 2. The molecule has 0 saturated heterocycles. The van der Waals surface area contributed by atoms with Crippen LogP contribution in [0.15, 0.2) is 0 Å². The Hall–Kier alpha value is -0.393. The van der Waals surface area contributed by atoms with E-state index in [-0.39, 0.29) is 12.3 Å². The van der Waals surface area contributed by atoms with Gasteiger partial charge in [0.25, 0.3) is 0 Å². The highest BCUT2D eigenvalue weighted by Gasteiger charge is 2.52. The zero-order valence-corrected chi connectivity index (χ0v) is 16.1. The van der Waals surface area contributed by atoms with Crippen molar-refractivity contribution >= 4 is 14.3 Å². The minimum Gasteiger partial charge on any atom is -0.481 e. The van der Waals surface area contributed by atoms with E-state index in [1.165, 1.54) is 0 Å². The maximum atomic E-state index is 10.6. The highest BCUT2D eigenvalue weighted by atomic mass is 28.4. The van der Waals surface area contributed by atoms with Crippen LogP contribution in [-0.4, -0.2) is 36.7 Å². The Balaban J connectivity index is 2.50. The van der Waals surface area contributed by atoms with Gasteiger partial charge in [0.2, 0.25) is 0 Å². The fourth-order valence-electron chi connectivity index (χ4n) is 4.25. The summed E-state index contributed by atoms with van der Waals surface area (Å²) in [4.78, 5) is 10.6. The summed E-state index contributed by atoms with van der Waals surface area (Å²) in [5, 5.41) is 19.0. The molecule has 2 atom stereocenters. The van der Waals surface area contributed by atoms with Crippen LogP contribution in [0.4, 0.5) is 0 Å². The van der Waals surface area contributed by atoms with E-state index >= 15 is 0 Å². The lowest BCUT2D eigenvalue weighted by Crippen LogP contribution is -2.48.